The fourth-order valence-corrected chi connectivity index (χ4v) is 3.18. The predicted octanol–water partition coefficient (Wildman–Crippen LogP) is 2.68. The molecule has 1 aliphatic heterocycles. The smallest absolute Gasteiger partial charge is 0.340 e. The number of halogens is 1. The van der Waals surface area contributed by atoms with Crippen molar-refractivity contribution in [3.05, 3.63) is 58.4 Å². The van der Waals surface area contributed by atoms with Crippen LogP contribution in [0.2, 0.25) is 0 Å². The van der Waals surface area contributed by atoms with Gasteiger partial charge in [-0.15, -0.1) is 0 Å². The Bertz CT molecular complexity index is 766. The molecule has 1 aromatic carbocycles. The van der Waals surface area contributed by atoms with Crippen molar-refractivity contribution < 1.29 is 23.5 Å². The number of nitrogens with two attached hydrogens (primary N) is 1. The highest BCUT2D eigenvalue weighted by Crippen LogP contribution is 2.44. The first kappa shape index (κ1) is 16.2. The lowest BCUT2D eigenvalue weighted by Crippen LogP contribution is -2.31. The summed E-state index contributed by atoms with van der Waals surface area (Å²) in [5.74, 6) is -1.97. The van der Waals surface area contributed by atoms with E-state index >= 15 is 0 Å². The van der Waals surface area contributed by atoms with Gasteiger partial charge in [0.1, 0.15) is 17.1 Å². The van der Waals surface area contributed by atoms with E-state index in [2.05, 4.69) is 0 Å². The van der Waals surface area contributed by atoms with Crippen molar-refractivity contribution in [2.24, 2.45) is 5.73 Å². The van der Waals surface area contributed by atoms with Gasteiger partial charge in [0.05, 0.1) is 12.5 Å². The largest absolute Gasteiger partial charge is 0.462 e. The number of hydrogen-bond acceptors (Lipinski definition) is 5. The van der Waals surface area contributed by atoms with Gasteiger partial charge in [-0.3, -0.25) is 4.79 Å². The first-order valence-electron chi connectivity index (χ1n) is 7.89. The molecular weight excluding hydrogens is 313 g/mol. The number of ether oxygens (including phenoxy) is 2. The average molecular weight is 331 g/mol. The van der Waals surface area contributed by atoms with Gasteiger partial charge in [0.25, 0.3) is 0 Å². The second-order valence-electron chi connectivity index (χ2n) is 5.67. The van der Waals surface area contributed by atoms with Crippen molar-refractivity contribution in [1.29, 1.82) is 0 Å². The summed E-state index contributed by atoms with van der Waals surface area (Å²) in [5.41, 5.74) is 6.44. The van der Waals surface area contributed by atoms with Crippen LogP contribution in [0.4, 0.5) is 4.39 Å². The summed E-state index contributed by atoms with van der Waals surface area (Å²) in [7, 11) is 0. The molecule has 0 saturated carbocycles. The van der Waals surface area contributed by atoms with Crippen LogP contribution in [0.5, 0.6) is 0 Å². The first-order chi connectivity index (χ1) is 11.5. The third kappa shape index (κ3) is 2.68. The SMILES string of the molecule is CCOC(=O)C1=C(N)OC2=C(C(=O)CCC2)[C@@H]1c1ccccc1F. The van der Waals surface area contributed by atoms with Crippen LogP contribution >= 0.6 is 0 Å². The molecule has 0 amide bonds. The number of benzene rings is 1. The molecule has 0 fully saturated rings. The second kappa shape index (κ2) is 6.47. The van der Waals surface area contributed by atoms with Gasteiger partial charge in [-0.05, 0) is 19.4 Å². The van der Waals surface area contributed by atoms with E-state index < -0.39 is 17.7 Å². The zero-order valence-corrected chi connectivity index (χ0v) is 13.3. The van der Waals surface area contributed by atoms with Crippen LogP contribution in [0, 0.1) is 5.82 Å². The van der Waals surface area contributed by atoms with Gasteiger partial charge in [0.15, 0.2) is 5.78 Å². The van der Waals surface area contributed by atoms with Gasteiger partial charge in [-0.2, -0.15) is 0 Å². The molecule has 6 heteroatoms. The molecular formula is C18H18FNO4. The number of esters is 1. The van der Waals surface area contributed by atoms with E-state index in [1.165, 1.54) is 6.07 Å². The van der Waals surface area contributed by atoms with Crippen molar-refractivity contribution in [2.75, 3.05) is 6.61 Å². The summed E-state index contributed by atoms with van der Waals surface area (Å²) >= 11 is 0. The van der Waals surface area contributed by atoms with Gasteiger partial charge in [-0.1, -0.05) is 18.2 Å². The third-order valence-corrected chi connectivity index (χ3v) is 4.20. The third-order valence-electron chi connectivity index (χ3n) is 4.20. The number of Topliss-reactive ketones (excluding diaryl/α,β-unsaturated/α-hetero) is 1. The molecule has 5 nitrogen and oxygen atoms in total. The fourth-order valence-electron chi connectivity index (χ4n) is 3.18. The van der Waals surface area contributed by atoms with Gasteiger partial charge < -0.3 is 15.2 Å². The Labute approximate surface area is 138 Å². The number of hydrogen-bond donors (Lipinski definition) is 1. The van der Waals surface area contributed by atoms with Crippen molar-refractivity contribution in [3.63, 3.8) is 0 Å². The van der Waals surface area contributed by atoms with E-state index in [1.807, 2.05) is 0 Å². The second-order valence-corrected chi connectivity index (χ2v) is 5.67. The zero-order valence-electron chi connectivity index (χ0n) is 13.3. The molecule has 0 spiro atoms. The molecule has 0 bridgehead atoms. The van der Waals surface area contributed by atoms with Crippen LogP contribution in [0.15, 0.2) is 47.1 Å². The normalized spacial score (nSPS) is 20.6. The maximum atomic E-state index is 14.4. The van der Waals surface area contributed by atoms with E-state index in [0.717, 1.165) is 0 Å². The highest BCUT2D eigenvalue weighted by Gasteiger charge is 2.42. The predicted molar refractivity (Wildman–Crippen MR) is 84.0 cm³/mol. The quantitative estimate of drug-likeness (QED) is 0.862. The van der Waals surface area contributed by atoms with Crippen molar-refractivity contribution in [1.82, 2.24) is 0 Å². The first-order valence-corrected chi connectivity index (χ1v) is 7.89. The lowest BCUT2D eigenvalue weighted by atomic mass is 9.77. The minimum atomic E-state index is -0.901. The van der Waals surface area contributed by atoms with Gasteiger partial charge >= 0.3 is 5.97 Å². The summed E-state index contributed by atoms with van der Waals surface area (Å²) < 4.78 is 25.0. The molecule has 1 aliphatic carbocycles. The van der Waals surface area contributed by atoms with Crippen LogP contribution in [0.3, 0.4) is 0 Å². The topological polar surface area (TPSA) is 78.6 Å². The molecule has 2 aliphatic rings. The van der Waals surface area contributed by atoms with Gasteiger partial charge in [0, 0.05) is 24.0 Å². The molecule has 0 radical (unpaired) electrons. The molecule has 126 valence electrons. The van der Waals surface area contributed by atoms with Crippen molar-refractivity contribution >= 4 is 11.8 Å². The average Bonchev–Trinajstić information content (AvgIpc) is 2.54. The number of ketones is 1. The van der Waals surface area contributed by atoms with Crippen molar-refractivity contribution in [3.8, 4) is 0 Å². The van der Waals surface area contributed by atoms with Crippen LogP contribution < -0.4 is 5.73 Å². The van der Waals surface area contributed by atoms with E-state index in [0.29, 0.717) is 30.6 Å². The minimum Gasteiger partial charge on any atom is -0.462 e. The summed E-state index contributed by atoms with van der Waals surface area (Å²) in [6, 6.07) is 6.04. The fraction of sp³-hybridized carbons (Fsp3) is 0.333. The van der Waals surface area contributed by atoms with E-state index in [4.69, 9.17) is 15.2 Å². The summed E-state index contributed by atoms with van der Waals surface area (Å²) in [6.07, 6.45) is 1.51. The Morgan fingerprint density at radius 1 is 1.38 bits per heavy atom. The van der Waals surface area contributed by atoms with Crippen LogP contribution in [-0.2, 0) is 19.1 Å². The number of rotatable bonds is 3. The van der Waals surface area contributed by atoms with Crippen LogP contribution in [-0.4, -0.2) is 18.4 Å². The van der Waals surface area contributed by atoms with Gasteiger partial charge in [0.2, 0.25) is 5.88 Å². The standard InChI is InChI=1S/C18H18FNO4/c1-2-23-18(22)16-14(10-6-3-4-7-11(10)19)15-12(21)8-5-9-13(15)24-17(16)20/h3-4,6-7,14H,2,5,8-9,20H2,1H3/t14-/m0/s1. The number of carbonyl (C=O) groups excluding carboxylic acids is 2. The van der Waals surface area contributed by atoms with E-state index in [-0.39, 0.29) is 29.4 Å². The van der Waals surface area contributed by atoms with Crippen molar-refractivity contribution in [2.45, 2.75) is 32.1 Å². The molecule has 0 saturated heterocycles. The summed E-state index contributed by atoms with van der Waals surface area (Å²) in [5, 5.41) is 0. The molecule has 1 heterocycles. The molecule has 24 heavy (non-hydrogen) atoms. The number of allylic oxidation sites excluding steroid dienone is 2. The molecule has 3 rings (SSSR count). The molecule has 1 aromatic rings. The Hall–Kier alpha value is -2.63. The van der Waals surface area contributed by atoms with E-state index in [9.17, 15) is 14.0 Å². The Morgan fingerprint density at radius 3 is 2.83 bits per heavy atom. The Morgan fingerprint density at radius 2 is 2.12 bits per heavy atom. The maximum Gasteiger partial charge on any atom is 0.340 e. The van der Waals surface area contributed by atoms with Gasteiger partial charge in [-0.25, -0.2) is 9.18 Å². The Balaban J connectivity index is 2.19. The lowest BCUT2D eigenvalue weighted by molar-refractivity contribution is -0.139. The lowest BCUT2D eigenvalue weighted by Gasteiger charge is -2.32. The monoisotopic (exact) mass is 331 g/mol. The summed E-state index contributed by atoms with van der Waals surface area (Å²) in [6.45, 7) is 1.80. The minimum absolute atomic E-state index is 0.0176. The highest BCUT2D eigenvalue weighted by atomic mass is 19.1. The number of carbonyl (C=O) groups is 2. The molecule has 2 N–H and O–H groups in total. The summed E-state index contributed by atoms with van der Waals surface area (Å²) in [4.78, 5) is 24.9. The van der Waals surface area contributed by atoms with Crippen LogP contribution in [0.25, 0.3) is 0 Å². The maximum absolute atomic E-state index is 14.4. The molecule has 0 unspecified atom stereocenters. The Kier molecular flexibility index (Phi) is 4.38. The molecule has 0 aromatic heterocycles. The zero-order chi connectivity index (χ0) is 17.3. The van der Waals surface area contributed by atoms with Crippen LogP contribution in [0.1, 0.15) is 37.7 Å². The van der Waals surface area contributed by atoms with E-state index in [1.54, 1.807) is 25.1 Å². The molecule has 1 atom stereocenters. The highest BCUT2D eigenvalue weighted by molar-refractivity contribution is 6.03.